The first-order valence-electron chi connectivity index (χ1n) is 5.74. The molecule has 6 nitrogen and oxygen atoms in total. The molecule has 0 bridgehead atoms. The second-order valence-corrected chi connectivity index (χ2v) is 7.56. The van der Waals surface area contributed by atoms with Gasteiger partial charge in [0.2, 0.25) is 10.0 Å². The fourth-order valence-electron chi connectivity index (χ4n) is 1.84. The van der Waals surface area contributed by atoms with E-state index in [0.717, 1.165) is 12.8 Å². The molecule has 0 spiro atoms. The molecule has 17 heavy (non-hydrogen) atoms. The number of rotatable bonds is 3. The van der Waals surface area contributed by atoms with Crippen LogP contribution in [0.3, 0.4) is 0 Å². The zero-order valence-corrected chi connectivity index (χ0v) is 11.4. The van der Waals surface area contributed by atoms with Crippen molar-refractivity contribution in [2.45, 2.75) is 38.4 Å². The number of hydrogen-bond acceptors (Lipinski definition) is 4. The van der Waals surface area contributed by atoms with Crippen LogP contribution in [-0.2, 0) is 14.8 Å². The van der Waals surface area contributed by atoms with Gasteiger partial charge in [-0.25, -0.2) is 18.6 Å². The Morgan fingerprint density at radius 3 is 2.24 bits per heavy atom. The molecule has 100 valence electrons. The van der Waals surface area contributed by atoms with E-state index in [0.29, 0.717) is 19.0 Å². The third-order valence-electron chi connectivity index (χ3n) is 3.41. The number of carbonyl (C=O) groups excluding carboxylic acids is 1. The van der Waals surface area contributed by atoms with Crippen LogP contribution in [0.15, 0.2) is 0 Å². The van der Waals surface area contributed by atoms with Crippen LogP contribution in [0.1, 0.15) is 33.6 Å². The molecule has 0 aliphatic carbocycles. The molecule has 0 radical (unpaired) electrons. The lowest BCUT2D eigenvalue weighted by atomic mass is 10.0. The highest BCUT2D eigenvalue weighted by molar-refractivity contribution is 7.91. The molecule has 0 unspecified atom stereocenters. The standard InChI is InChI=1S/C10H21N3O3S/c1-8-4-6-13(7-5-8)17(15,16)10(2,3)9(14)12-11/h8H,4-7,11H2,1-3H3,(H,12,14). The van der Waals surface area contributed by atoms with E-state index >= 15 is 0 Å². The summed E-state index contributed by atoms with van der Waals surface area (Å²) in [5, 5.41) is 0. The maximum absolute atomic E-state index is 12.3. The van der Waals surface area contributed by atoms with Gasteiger partial charge in [-0.1, -0.05) is 6.92 Å². The largest absolute Gasteiger partial charge is 0.293 e. The highest BCUT2D eigenvalue weighted by Gasteiger charge is 2.45. The molecule has 0 saturated carbocycles. The van der Waals surface area contributed by atoms with Crippen LogP contribution in [0.2, 0.25) is 0 Å². The first kappa shape index (κ1) is 14.4. The summed E-state index contributed by atoms with van der Waals surface area (Å²) in [7, 11) is -3.66. The first-order valence-corrected chi connectivity index (χ1v) is 7.18. The van der Waals surface area contributed by atoms with E-state index in [2.05, 4.69) is 6.92 Å². The summed E-state index contributed by atoms with van der Waals surface area (Å²) in [6, 6.07) is 0. The lowest BCUT2D eigenvalue weighted by Crippen LogP contribution is -2.56. The van der Waals surface area contributed by atoms with Crippen LogP contribution >= 0.6 is 0 Å². The fourth-order valence-corrected chi connectivity index (χ4v) is 3.47. The topological polar surface area (TPSA) is 92.5 Å². The molecule has 0 aromatic carbocycles. The Hall–Kier alpha value is -0.660. The average molecular weight is 263 g/mol. The Labute approximate surface area is 103 Å². The Balaban J connectivity index is 2.91. The number of nitrogens with zero attached hydrogens (tertiary/aromatic N) is 1. The van der Waals surface area contributed by atoms with Crippen LogP contribution in [0.25, 0.3) is 0 Å². The van der Waals surface area contributed by atoms with Crippen molar-refractivity contribution >= 4 is 15.9 Å². The predicted octanol–water partition coefficient (Wildman–Crippen LogP) is -0.183. The molecule has 7 heteroatoms. The summed E-state index contributed by atoms with van der Waals surface area (Å²) in [6.07, 6.45) is 1.67. The second kappa shape index (κ2) is 4.91. The Kier molecular flexibility index (Phi) is 4.16. The number of hydrogen-bond donors (Lipinski definition) is 2. The van der Waals surface area contributed by atoms with E-state index in [1.807, 2.05) is 5.43 Å². The number of hydrazine groups is 1. The zero-order valence-electron chi connectivity index (χ0n) is 10.6. The van der Waals surface area contributed by atoms with Crippen molar-refractivity contribution in [1.29, 1.82) is 0 Å². The maximum Gasteiger partial charge on any atom is 0.256 e. The van der Waals surface area contributed by atoms with Crippen molar-refractivity contribution in [3.63, 3.8) is 0 Å². The van der Waals surface area contributed by atoms with Crippen molar-refractivity contribution in [3.8, 4) is 0 Å². The Bertz CT molecular complexity index is 384. The molecule has 1 amide bonds. The van der Waals surface area contributed by atoms with E-state index in [1.54, 1.807) is 0 Å². The van der Waals surface area contributed by atoms with Crippen molar-refractivity contribution in [3.05, 3.63) is 0 Å². The van der Waals surface area contributed by atoms with Crippen LogP contribution in [-0.4, -0.2) is 36.5 Å². The minimum Gasteiger partial charge on any atom is -0.293 e. The van der Waals surface area contributed by atoms with Crippen molar-refractivity contribution in [1.82, 2.24) is 9.73 Å². The van der Waals surface area contributed by atoms with Gasteiger partial charge in [0, 0.05) is 13.1 Å². The lowest BCUT2D eigenvalue weighted by Gasteiger charge is -2.35. The Morgan fingerprint density at radius 1 is 1.35 bits per heavy atom. The molecule has 1 aliphatic rings. The van der Waals surface area contributed by atoms with E-state index in [1.165, 1.54) is 18.2 Å². The van der Waals surface area contributed by atoms with Crippen molar-refractivity contribution < 1.29 is 13.2 Å². The number of carbonyl (C=O) groups is 1. The molecule has 3 N–H and O–H groups in total. The van der Waals surface area contributed by atoms with Crippen molar-refractivity contribution in [2.75, 3.05) is 13.1 Å². The number of nitrogens with two attached hydrogens (primary N) is 1. The molecule has 0 aromatic heterocycles. The average Bonchev–Trinajstić information content (AvgIpc) is 2.28. The van der Waals surface area contributed by atoms with Gasteiger partial charge in [-0.15, -0.1) is 0 Å². The summed E-state index contributed by atoms with van der Waals surface area (Å²) < 4.78 is 24.5. The minimum absolute atomic E-state index is 0.477. The summed E-state index contributed by atoms with van der Waals surface area (Å²) in [4.78, 5) is 11.5. The molecule has 1 fully saturated rings. The van der Waals surface area contributed by atoms with Gasteiger partial charge in [-0.05, 0) is 32.6 Å². The molecule has 1 aliphatic heterocycles. The van der Waals surface area contributed by atoms with Gasteiger partial charge in [-0.3, -0.25) is 10.2 Å². The highest BCUT2D eigenvalue weighted by Crippen LogP contribution is 2.26. The molecule has 0 aromatic rings. The third-order valence-corrected chi connectivity index (χ3v) is 5.93. The summed E-state index contributed by atoms with van der Waals surface area (Å²) in [5.41, 5.74) is 1.91. The van der Waals surface area contributed by atoms with Crippen LogP contribution in [0.4, 0.5) is 0 Å². The van der Waals surface area contributed by atoms with Gasteiger partial charge in [0.1, 0.15) is 0 Å². The maximum atomic E-state index is 12.3. The molecule has 1 heterocycles. The molecular formula is C10H21N3O3S. The van der Waals surface area contributed by atoms with E-state index in [4.69, 9.17) is 5.84 Å². The van der Waals surface area contributed by atoms with Gasteiger partial charge in [-0.2, -0.15) is 0 Å². The minimum atomic E-state index is -3.66. The molecular weight excluding hydrogens is 242 g/mol. The molecule has 0 atom stereocenters. The number of piperidine rings is 1. The number of nitrogens with one attached hydrogen (secondary N) is 1. The molecule has 1 rings (SSSR count). The second-order valence-electron chi connectivity index (χ2n) is 5.07. The smallest absolute Gasteiger partial charge is 0.256 e. The van der Waals surface area contributed by atoms with Crippen molar-refractivity contribution in [2.24, 2.45) is 11.8 Å². The van der Waals surface area contributed by atoms with Crippen LogP contribution in [0, 0.1) is 5.92 Å². The highest BCUT2D eigenvalue weighted by atomic mass is 32.2. The predicted molar refractivity (Wildman–Crippen MR) is 65.3 cm³/mol. The van der Waals surface area contributed by atoms with Gasteiger partial charge < -0.3 is 0 Å². The summed E-state index contributed by atoms with van der Waals surface area (Å²) in [5.74, 6) is 4.87. The Morgan fingerprint density at radius 2 is 1.82 bits per heavy atom. The van der Waals surface area contributed by atoms with E-state index in [-0.39, 0.29) is 0 Å². The zero-order chi connectivity index (χ0) is 13.3. The van der Waals surface area contributed by atoms with Crippen LogP contribution in [0.5, 0.6) is 0 Å². The monoisotopic (exact) mass is 263 g/mol. The van der Waals surface area contributed by atoms with Crippen LogP contribution < -0.4 is 11.3 Å². The van der Waals surface area contributed by atoms with E-state index < -0.39 is 20.7 Å². The normalized spacial score (nSPS) is 20.2. The van der Waals surface area contributed by atoms with Gasteiger partial charge in [0.05, 0.1) is 0 Å². The van der Waals surface area contributed by atoms with E-state index in [9.17, 15) is 13.2 Å². The van der Waals surface area contributed by atoms with Gasteiger partial charge in [0.15, 0.2) is 4.75 Å². The number of amides is 1. The molecule has 1 saturated heterocycles. The summed E-state index contributed by atoms with van der Waals surface area (Å²) >= 11 is 0. The summed E-state index contributed by atoms with van der Waals surface area (Å²) in [6.45, 7) is 5.81. The quantitative estimate of drug-likeness (QED) is 0.419. The van der Waals surface area contributed by atoms with Gasteiger partial charge in [0.25, 0.3) is 5.91 Å². The SMILES string of the molecule is CC1CCN(S(=O)(=O)C(C)(C)C(=O)NN)CC1. The number of sulfonamides is 1. The lowest BCUT2D eigenvalue weighted by molar-refractivity contribution is -0.123. The fraction of sp³-hybridized carbons (Fsp3) is 0.900. The third kappa shape index (κ3) is 2.61. The van der Waals surface area contributed by atoms with Gasteiger partial charge >= 0.3 is 0 Å². The first-order chi connectivity index (χ1) is 7.73.